The number of hydrogen-bond donors (Lipinski definition) is 1. The van der Waals surface area contributed by atoms with Gasteiger partial charge in [-0.2, -0.15) is 26.3 Å². The summed E-state index contributed by atoms with van der Waals surface area (Å²) in [6.07, 6.45) is -5.47. The summed E-state index contributed by atoms with van der Waals surface area (Å²) in [6, 6.07) is 13.0. The van der Waals surface area contributed by atoms with Gasteiger partial charge in [-0.25, -0.2) is 8.42 Å². The van der Waals surface area contributed by atoms with Crippen LogP contribution in [0.2, 0.25) is 5.02 Å². The van der Waals surface area contributed by atoms with Crippen molar-refractivity contribution in [2.45, 2.75) is 43.4 Å². The third-order valence-electron chi connectivity index (χ3n) is 7.19. The van der Waals surface area contributed by atoms with E-state index in [2.05, 4.69) is 15.3 Å². The smallest absolute Gasteiger partial charge is 0.330 e. The standard InChI is InChI=1S/C22H16ClF3N2O3S.C8H7F3N2/c1-32(30,31)17-6-7-18(13-2-4-16(23)5-3-13)19(9-17)21(29)28-11-14-8-20(22(24,25)26)27-10-15(14)12-28;9-8(10,11)7-1-5-2-12-3-6(5)4-13-7/h2-10H,11-12H2,1H3;1,4,12H,2-3H2. The van der Waals surface area contributed by atoms with E-state index in [-0.39, 0.29) is 23.5 Å². The van der Waals surface area contributed by atoms with Gasteiger partial charge in [-0.1, -0.05) is 29.8 Å². The average molecular weight is 669 g/mol. The molecule has 6 rings (SSSR count). The van der Waals surface area contributed by atoms with Gasteiger partial charge in [-0.15, -0.1) is 0 Å². The Morgan fingerprint density at radius 3 is 1.96 bits per heavy atom. The van der Waals surface area contributed by atoms with E-state index in [0.717, 1.165) is 30.1 Å². The SMILES string of the molecule is CS(=O)(=O)c1ccc(-c2ccc(Cl)cc2)c(C(=O)N2Cc3cnc(C(F)(F)F)cc3C2)c1.FC(F)(F)c1cc2c(cn1)CNC2. The van der Waals surface area contributed by atoms with Gasteiger partial charge in [0, 0.05) is 55.4 Å². The van der Waals surface area contributed by atoms with E-state index >= 15 is 0 Å². The normalized spacial score (nSPS) is 14.4. The number of fused-ring (bicyclic) bond motifs is 2. The van der Waals surface area contributed by atoms with E-state index < -0.39 is 39.5 Å². The zero-order chi connectivity index (χ0) is 32.7. The molecule has 7 nitrogen and oxygen atoms in total. The highest BCUT2D eigenvalue weighted by Crippen LogP contribution is 2.34. The Bertz CT molecular complexity index is 1880. The third-order valence-corrected chi connectivity index (χ3v) is 8.55. The Hall–Kier alpha value is -4.01. The summed E-state index contributed by atoms with van der Waals surface area (Å²) in [7, 11) is -3.59. The molecule has 0 fully saturated rings. The second-order valence-electron chi connectivity index (χ2n) is 10.4. The van der Waals surface area contributed by atoms with Gasteiger partial charge in [0.15, 0.2) is 9.84 Å². The lowest BCUT2D eigenvalue weighted by atomic mass is 9.99. The van der Waals surface area contributed by atoms with Crippen molar-refractivity contribution >= 4 is 27.3 Å². The van der Waals surface area contributed by atoms with E-state index in [4.69, 9.17) is 11.6 Å². The molecule has 2 aliphatic rings. The van der Waals surface area contributed by atoms with Crippen LogP contribution in [0.5, 0.6) is 0 Å². The fraction of sp³-hybridized carbons (Fsp3) is 0.233. The zero-order valence-electron chi connectivity index (χ0n) is 23.3. The van der Waals surface area contributed by atoms with Crippen molar-refractivity contribution in [3.8, 4) is 11.1 Å². The Kier molecular flexibility index (Phi) is 8.68. The van der Waals surface area contributed by atoms with Crippen LogP contribution in [0.3, 0.4) is 0 Å². The number of carbonyl (C=O) groups excluding carboxylic acids is 1. The van der Waals surface area contributed by atoms with Crippen molar-refractivity contribution < 1.29 is 39.6 Å². The minimum absolute atomic E-state index is 0.0312. The fourth-order valence-corrected chi connectivity index (χ4v) is 5.67. The van der Waals surface area contributed by atoms with Crippen LogP contribution < -0.4 is 5.32 Å². The maximum absolute atomic E-state index is 13.4. The van der Waals surface area contributed by atoms with Gasteiger partial charge in [0.1, 0.15) is 11.4 Å². The molecule has 2 aromatic carbocycles. The van der Waals surface area contributed by atoms with Crippen LogP contribution in [0.1, 0.15) is 44.0 Å². The first-order valence-corrected chi connectivity index (χ1v) is 15.5. The molecule has 236 valence electrons. The van der Waals surface area contributed by atoms with Gasteiger partial charge in [0.25, 0.3) is 5.91 Å². The number of pyridine rings is 2. The maximum atomic E-state index is 13.4. The van der Waals surface area contributed by atoms with Crippen LogP contribution in [0.15, 0.2) is 71.9 Å². The summed E-state index contributed by atoms with van der Waals surface area (Å²) in [5, 5.41) is 3.46. The van der Waals surface area contributed by atoms with Crippen molar-refractivity contribution in [2.24, 2.45) is 0 Å². The maximum Gasteiger partial charge on any atom is 0.433 e. The minimum atomic E-state index is -4.59. The number of sulfone groups is 1. The zero-order valence-corrected chi connectivity index (χ0v) is 24.9. The fourth-order valence-electron chi connectivity index (χ4n) is 4.90. The molecule has 0 saturated heterocycles. The van der Waals surface area contributed by atoms with Gasteiger partial charge in [-0.3, -0.25) is 14.8 Å². The van der Waals surface area contributed by atoms with Gasteiger partial charge >= 0.3 is 12.4 Å². The molecule has 4 heterocycles. The molecular formula is C30H23ClF6N4O3S. The van der Waals surface area contributed by atoms with Crippen LogP contribution in [0, 0.1) is 0 Å². The summed E-state index contributed by atoms with van der Waals surface area (Å²) in [6.45, 7) is 1.15. The van der Waals surface area contributed by atoms with E-state index in [1.807, 2.05) is 0 Å². The molecule has 0 aliphatic carbocycles. The molecule has 1 amide bonds. The molecule has 0 saturated carbocycles. The first-order chi connectivity index (χ1) is 21.0. The number of benzene rings is 2. The predicted octanol–water partition coefficient (Wildman–Crippen LogP) is 6.68. The molecule has 0 spiro atoms. The highest BCUT2D eigenvalue weighted by atomic mass is 35.5. The molecular weight excluding hydrogens is 646 g/mol. The number of nitrogens with zero attached hydrogens (tertiary/aromatic N) is 3. The van der Waals surface area contributed by atoms with Crippen LogP contribution in [0.25, 0.3) is 11.1 Å². The van der Waals surface area contributed by atoms with Crippen molar-refractivity contribution in [1.82, 2.24) is 20.2 Å². The number of rotatable bonds is 3. The number of carbonyl (C=O) groups is 1. The van der Waals surface area contributed by atoms with Crippen molar-refractivity contribution in [2.75, 3.05) is 6.26 Å². The van der Waals surface area contributed by atoms with Crippen molar-refractivity contribution in [3.05, 3.63) is 111 Å². The van der Waals surface area contributed by atoms with Gasteiger partial charge < -0.3 is 10.2 Å². The van der Waals surface area contributed by atoms with Crippen LogP contribution >= 0.6 is 11.6 Å². The van der Waals surface area contributed by atoms with E-state index in [1.165, 1.54) is 23.2 Å². The molecule has 4 aromatic rings. The Morgan fingerprint density at radius 1 is 0.800 bits per heavy atom. The Labute approximate surface area is 258 Å². The average Bonchev–Trinajstić information content (AvgIpc) is 3.62. The first-order valence-electron chi connectivity index (χ1n) is 13.2. The van der Waals surface area contributed by atoms with Crippen LogP contribution in [-0.2, 0) is 48.4 Å². The topological polar surface area (TPSA) is 92.3 Å². The van der Waals surface area contributed by atoms with Crippen molar-refractivity contribution in [1.29, 1.82) is 0 Å². The Morgan fingerprint density at radius 2 is 1.36 bits per heavy atom. The number of alkyl halides is 6. The first kappa shape index (κ1) is 32.4. The molecule has 1 N–H and O–H groups in total. The predicted molar refractivity (Wildman–Crippen MR) is 153 cm³/mol. The highest BCUT2D eigenvalue weighted by Gasteiger charge is 2.35. The third kappa shape index (κ3) is 7.29. The van der Waals surface area contributed by atoms with Crippen molar-refractivity contribution in [3.63, 3.8) is 0 Å². The number of amides is 1. The quantitative estimate of drug-likeness (QED) is 0.245. The number of aromatic nitrogens is 2. The second-order valence-corrected chi connectivity index (χ2v) is 12.9. The molecule has 45 heavy (non-hydrogen) atoms. The summed E-state index contributed by atoms with van der Waals surface area (Å²) in [4.78, 5) is 21.5. The van der Waals surface area contributed by atoms with E-state index in [1.54, 1.807) is 30.3 Å². The molecule has 0 bridgehead atoms. The lowest BCUT2D eigenvalue weighted by Crippen LogP contribution is -2.26. The van der Waals surface area contributed by atoms with Gasteiger partial charge in [-0.05, 0) is 69.8 Å². The highest BCUT2D eigenvalue weighted by molar-refractivity contribution is 7.90. The number of halogens is 7. The summed E-state index contributed by atoms with van der Waals surface area (Å²) < 4.78 is 99.6. The van der Waals surface area contributed by atoms with Crippen LogP contribution in [0.4, 0.5) is 26.3 Å². The largest absolute Gasteiger partial charge is 0.433 e. The summed E-state index contributed by atoms with van der Waals surface area (Å²) >= 11 is 5.95. The summed E-state index contributed by atoms with van der Waals surface area (Å²) in [5.41, 5.74) is 1.86. The lowest BCUT2D eigenvalue weighted by molar-refractivity contribution is -0.142. The summed E-state index contributed by atoms with van der Waals surface area (Å²) in [5.74, 6) is -0.495. The van der Waals surface area contributed by atoms with Crippen LogP contribution in [-0.4, -0.2) is 35.4 Å². The monoisotopic (exact) mass is 668 g/mol. The van der Waals surface area contributed by atoms with Gasteiger partial charge in [0.2, 0.25) is 0 Å². The molecule has 15 heteroatoms. The molecule has 0 atom stereocenters. The van der Waals surface area contributed by atoms with E-state index in [0.29, 0.717) is 45.9 Å². The molecule has 2 aliphatic heterocycles. The molecule has 0 unspecified atom stereocenters. The minimum Gasteiger partial charge on any atom is -0.330 e. The molecule has 2 aromatic heterocycles. The number of nitrogens with one attached hydrogen (secondary N) is 1. The second kappa shape index (κ2) is 12.1. The van der Waals surface area contributed by atoms with Gasteiger partial charge in [0.05, 0.1) is 4.90 Å². The lowest BCUT2D eigenvalue weighted by Gasteiger charge is -2.19. The Balaban J connectivity index is 0.000000256. The van der Waals surface area contributed by atoms with E-state index in [9.17, 15) is 39.6 Å². The molecule has 0 radical (unpaired) electrons. The number of hydrogen-bond acceptors (Lipinski definition) is 6.